The number of ether oxygens (including phenoxy) is 1. The number of aromatic nitrogens is 1. The molecule has 1 fully saturated rings. The molecule has 1 aliphatic heterocycles. The topological polar surface area (TPSA) is 48.6 Å². The van der Waals surface area contributed by atoms with Crippen molar-refractivity contribution in [3.05, 3.63) is 36.0 Å². The van der Waals surface area contributed by atoms with Gasteiger partial charge in [0.1, 0.15) is 0 Å². The van der Waals surface area contributed by atoms with Crippen LogP contribution in [0.1, 0.15) is 12.5 Å². The van der Waals surface area contributed by atoms with Crippen molar-refractivity contribution >= 4 is 16.8 Å². The number of morpholine rings is 1. The van der Waals surface area contributed by atoms with Gasteiger partial charge in [-0.25, -0.2) is 0 Å². The van der Waals surface area contributed by atoms with E-state index in [9.17, 15) is 4.79 Å². The van der Waals surface area contributed by atoms with Gasteiger partial charge < -0.3 is 14.6 Å². The molecule has 118 valence electrons. The molecule has 0 saturated carbocycles. The number of fused-ring (bicyclic) bond motifs is 1. The molecule has 1 saturated heterocycles. The Morgan fingerprint density at radius 3 is 3.00 bits per heavy atom. The molecule has 0 radical (unpaired) electrons. The number of rotatable bonds is 3. The molecule has 5 nitrogen and oxygen atoms in total. The van der Waals surface area contributed by atoms with E-state index in [4.69, 9.17) is 4.74 Å². The molecular weight excluding hydrogens is 278 g/mol. The van der Waals surface area contributed by atoms with Crippen LogP contribution in [-0.4, -0.2) is 60.1 Å². The van der Waals surface area contributed by atoms with Crippen LogP contribution in [0.25, 0.3) is 10.9 Å². The van der Waals surface area contributed by atoms with Gasteiger partial charge in [-0.05, 0) is 36.1 Å². The summed E-state index contributed by atoms with van der Waals surface area (Å²) in [6.07, 6.45) is 1.95. The van der Waals surface area contributed by atoms with E-state index in [0.717, 1.165) is 18.6 Å². The van der Waals surface area contributed by atoms with E-state index in [1.165, 1.54) is 10.9 Å². The molecule has 0 unspecified atom stereocenters. The van der Waals surface area contributed by atoms with Crippen LogP contribution in [0.4, 0.5) is 0 Å². The summed E-state index contributed by atoms with van der Waals surface area (Å²) in [5.74, 6) is 0.0262. The SMILES string of the molecule is CN(C)C(=O)[C@]1(C)CN(Cc2ccc3[nH]ccc3c2)CCO1. The Morgan fingerprint density at radius 2 is 2.23 bits per heavy atom. The van der Waals surface area contributed by atoms with Crippen molar-refractivity contribution in [2.24, 2.45) is 0 Å². The summed E-state index contributed by atoms with van der Waals surface area (Å²) in [5.41, 5.74) is 1.66. The van der Waals surface area contributed by atoms with E-state index in [2.05, 4.69) is 34.1 Å². The van der Waals surface area contributed by atoms with Crippen molar-refractivity contribution < 1.29 is 9.53 Å². The Balaban J connectivity index is 1.73. The van der Waals surface area contributed by atoms with Crippen LogP contribution in [-0.2, 0) is 16.1 Å². The van der Waals surface area contributed by atoms with Crippen LogP contribution in [0, 0.1) is 0 Å². The van der Waals surface area contributed by atoms with Crippen molar-refractivity contribution in [3.8, 4) is 0 Å². The van der Waals surface area contributed by atoms with Crippen molar-refractivity contribution in [1.29, 1.82) is 0 Å². The molecule has 22 heavy (non-hydrogen) atoms. The van der Waals surface area contributed by atoms with Crippen LogP contribution in [0.3, 0.4) is 0 Å². The summed E-state index contributed by atoms with van der Waals surface area (Å²) < 4.78 is 5.78. The molecule has 2 aromatic rings. The van der Waals surface area contributed by atoms with Gasteiger partial charge in [0.15, 0.2) is 5.60 Å². The highest BCUT2D eigenvalue weighted by molar-refractivity contribution is 5.85. The number of H-pyrrole nitrogens is 1. The summed E-state index contributed by atoms with van der Waals surface area (Å²) in [5, 5.41) is 1.22. The van der Waals surface area contributed by atoms with Gasteiger partial charge in [0.25, 0.3) is 5.91 Å². The van der Waals surface area contributed by atoms with Gasteiger partial charge in [-0.2, -0.15) is 0 Å². The maximum atomic E-state index is 12.3. The fraction of sp³-hybridized carbons (Fsp3) is 0.471. The molecule has 2 heterocycles. The Bertz CT molecular complexity index is 679. The molecule has 0 spiro atoms. The number of carbonyl (C=O) groups is 1. The number of nitrogens with zero attached hydrogens (tertiary/aromatic N) is 2. The second-order valence-corrected chi connectivity index (χ2v) is 6.39. The van der Waals surface area contributed by atoms with Crippen LogP contribution in [0.2, 0.25) is 0 Å². The van der Waals surface area contributed by atoms with Gasteiger partial charge >= 0.3 is 0 Å². The predicted octanol–water partition coefficient (Wildman–Crippen LogP) is 1.85. The maximum absolute atomic E-state index is 12.3. The molecular formula is C17H23N3O2. The quantitative estimate of drug-likeness (QED) is 0.941. The molecule has 3 rings (SSSR count). The van der Waals surface area contributed by atoms with Crippen LogP contribution >= 0.6 is 0 Å². The highest BCUT2D eigenvalue weighted by Gasteiger charge is 2.40. The van der Waals surface area contributed by atoms with Crippen molar-refractivity contribution in [2.45, 2.75) is 19.1 Å². The summed E-state index contributed by atoms with van der Waals surface area (Å²) in [6, 6.07) is 8.53. The van der Waals surface area contributed by atoms with Gasteiger partial charge in [-0.3, -0.25) is 9.69 Å². The number of nitrogens with one attached hydrogen (secondary N) is 1. The summed E-state index contributed by atoms with van der Waals surface area (Å²) >= 11 is 0. The van der Waals surface area contributed by atoms with E-state index in [1.807, 2.05) is 13.1 Å². The molecule has 5 heteroatoms. The van der Waals surface area contributed by atoms with E-state index in [-0.39, 0.29) is 5.91 Å². The number of hydrogen-bond acceptors (Lipinski definition) is 3. The van der Waals surface area contributed by atoms with E-state index < -0.39 is 5.60 Å². The fourth-order valence-corrected chi connectivity index (χ4v) is 3.15. The lowest BCUT2D eigenvalue weighted by Gasteiger charge is -2.40. The minimum absolute atomic E-state index is 0.0262. The van der Waals surface area contributed by atoms with Crippen LogP contribution in [0.5, 0.6) is 0 Å². The highest BCUT2D eigenvalue weighted by atomic mass is 16.5. The van der Waals surface area contributed by atoms with E-state index in [0.29, 0.717) is 13.2 Å². The summed E-state index contributed by atoms with van der Waals surface area (Å²) in [7, 11) is 3.55. The number of hydrogen-bond donors (Lipinski definition) is 1. The van der Waals surface area contributed by atoms with E-state index >= 15 is 0 Å². The molecule has 0 bridgehead atoms. The number of carbonyl (C=O) groups excluding carboxylic acids is 1. The summed E-state index contributed by atoms with van der Waals surface area (Å²) in [6.45, 7) is 4.77. The normalized spacial score (nSPS) is 22.9. The first-order valence-corrected chi connectivity index (χ1v) is 7.62. The van der Waals surface area contributed by atoms with Crippen molar-refractivity contribution in [1.82, 2.24) is 14.8 Å². The average Bonchev–Trinajstić information content (AvgIpc) is 2.94. The van der Waals surface area contributed by atoms with Crippen molar-refractivity contribution in [2.75, 3.05) is 33.8 Å². The standard InChI is InChI=1S/C17H23N3O2/c1-17(16(21)19(2)3)12-20(8-9-22-17)11-13-4-5-15-14(10-13)6-7-18-15/h4-7,10,18H,8-9,11-12H2,1-3H3/t17-/m0/s1. The minimum atomic E-state index is -0.750. The van der Waals surface area contributed by atoms with Crippen molar-refractivity contribution in [3.63, 3.8) is 0 Å². The van der Waals surface area contributed by atoms with Gasteiger partial charge in [0.2, 0.25) is 0 Å². The Kier molecular flexibility index (Phi) is 3.93. The number of amides is 1. The molecule has 1 N–H and O–H groups in total. The van der Waals surface area contributed by atoms with Gasteiger partial charge in [0.05, 0.1) is 6.61 Å². The van der Waals surface area contributed by atoms with Crippen LogP contribution < -0.4 is 0 Å². The molecule has 1 amide bonds. The third kappa shape index (κ3) is 2.87. The molecule has 1 aromatic carbocycles. The molecule has 0 aliphatic carbocycles. The maximum Gasteiger partial charge on any atom is 0.255 e. The van der Waals surface area contributed by atoms with E-state index in [1.54, 1.807) is 19.0 Å². The predicted molar refractivity (Wildman–Crippen MR) is 86.6 cm³/mol. The third-order valence-corrected chi connectivity index (χ3v) is 4.24. The minimum Gasteiger partial charge on any atom is -0.363 e. The Hall–Kier alpha value is -1.85. The lowest BCUT2D eigenvalue weighted by Crippen LogP contribution is -2.57. The molecule has 1 aliphatic rings. The van der Waals surface area contributed by atoms with Gasteiger partial charge in [-0.15, -0.1) is 0 Å². The zero-order valence-electron chi connectivity index (χ0n) is 13.4. The number of likely N-dealkylation sites (N-methyl/N-ethyl adjacent to an activating group) is 1. The Labute approximate surface area is 130 Å². The average molecular weight is 301 g/mol. The third-order valence-electron chi connectivity index (χ3n) is 4.24. The largest absolute Gasteiger partial charge is 0.363 e. The van der Waals surface area contributed by atoms with Gasteiger partial charge in [-0.1, -0.05) is 6.07 Å². The number of aromatic amines is 1. The first-order valence-electron chi connectivity index (χ1n) is 7.62. The zero-order chi connectivity index (χ0) is 15.7. The smallest absolute Gasteiger partial charge is 0.255 e. The highest BCUT2D eigenvalue weighted by Crippen LogP contribution is 2.22. The first-order chi connectivity index (χ1) is 10.5. The van der Waals surface area contributed by atoms with Crippen LogP contribution in [0.15, 0.2) is 30.5 Å². The monoisotopic (exact) mass is 301 g/mol. The lowest BCUT2D eigenvalue weighted by atomic mass is 10.0. The fourth-order valence-electron chi connectivity index (χ4n) is 3.15. The zero-order valence-corrected chi connectivity index (χ0v) is 13.4. The molecule has 1 aromatic heterocycles. The Morgan fingerprint density at radius 1 is 1.41 bits per heavy atom. The molecule has 1 atom stereocenters. The second kappa shape index (κ2) is 5.74. The number of benzene rings is 1. The van der Waals surface area contributed by atoms with Gasteiger partial charge in [0, 0.05) is 45.4 Å². The second-order valence-electron chi connectivity index (χ2n) is 6.39. The first kappa shape index (κ1) is 15.1. The summed E-state index contributed by atoms with van der Waals surface area (Å²) in [4.78, 5) is 19.4. The lowest BCUT2D eigenvalue weighted by molar-refractivity contribution is -0.165.